The Bertz CT molecular complexity index is 765. The lowest BCUT2D eigenvalue weighted by Crippen LogP contribution is -2.15. The van der Waals surface area contributed by atoms with Gasteiger partial charge in [-0.3, -0.25) is 5.32 Å². The number of carbonyl (C=O) groups excluding carboxylic acids is 1. The number of nitrogens with one attached hydrogen (secondary N) is 1. The summed E-state index contributed by atoms with van der Waals surface area (Å²) in [5, 5.41) is 2.55. The van der Waals surface area contributed by atoms with Gasteiger partial charge in [0.15, 0.2) is 0 Å². The van der Waals surface area contributed by atoms with Gasteiger partial charge in [-0.1, -0.05) is 19.1 Å². The zero-order chi connectivity index (χ0) is 18.4. The molecule has 1 N–H and O–H groups in total. The minimum absolute atomic E-state index is 0.288. The molecule has 0 radical (unpaired) electrons. The summed E-state index contributed by atoms with van der Waals surface area (Å²) in [5.74, 6) is 0.812. The highest BCUT2D eigenvalue weighted by Gasteiger charge is 2.12. The Morgan fingerprint density at radius 1 is 1.24 bits per heavy atom. The number of halogens is 2. The van der Waals surface area contributed by atoms with Crippen LogP contribution in [0, 0.1) is 17.4 Å². The average Bonchev–Trinajstić information content (AvgIpc) is 2.57. The van der Waals surface area contributed by atoms with E-state index >= 15 is 0 Å². The first-order valence-electron chi connectivity index (χ1n) is 7.96. The van der Waals surface area contributed by atoms with Crippen molar-refractivity contribution in [3.63, 3.8) is 0 Å². The normalized spacial score (nSPS) is 10.4. The maximum absolute atomic E-state index is 12.1. The van der Waals surface area contributed by atoms with Crippen molar-refractivity contribution < 1.29 is 18.7 Å². The fourth-order valence-electron chi connectivity index (χ4n) is 2.55. The molecule has 0 spiro atoms. The third-order valence-corrected chi connectivity index (χ3v) is 4.94. The third kappa shape index (κ3) is 5.07. The molecule has 0 unspecified atom stereocenters. The maximum Gasteiger partial charge on any atom is 0.413 e. The molecule has 0 atom stereocenters. The SMILES string of the molecule is CCc1cc(C)c(OCc2c(I)cccc2NC(=O)OCF)cc1C. The van der Waals surface area contributed by atoms with Crippen LogP contribution in [0.1, 0.15) is 29.2 Å². The van der Waals surface area contributed by atoms with Crippen LogP contribution in [0.5, 0.6) is 5.75 Å². The Balaban J connectivity index is 2.20. The van der Waals surface area contributed by atoms with Crippen LogP contribution in [0.15, 0.2) is 30.3 Å². The number of hydrogen-bond donors (Lipinski definition) is 1. The molecule has 134 valence electrons. The van der Waals surface area contributed by atoms with E-state index < -0.39 is 13.0 Å². The Hall–Kier alpha value is -1.83. The van der Waals surface area contributed by atoms with Crippen LogP contribution in [0.4, 0.5) is 14.9 Å². The number of benzene rings is 2. The van der Waals surface area contributed by atoms with E-state index in [1.54, 1.807) is 6.07 Å². The summed E-state index contributed by atoms with van der Waals surface area (Å²) in [6.45, 7) is 5.34. The van der Waals surface area contributed by atoms with Gasteiger partial charge in [0.2, 0.25) is 6.86 Å². The van der Waals surface area contributed by atoms with Crippen molar-refractivity contribution in [2.24, 2.45) is 0 Å². The van der Waals surface area contributed by atoms with Gasteiger partial charge >= 0.3 is 6.09 Å². The molecule has 2 aromatic carbocycles. The quantitative estimate of drug-likeness (QED) is 0.581. The van der Waals surface area contributed by atoms with E-state index in [2.05, 4.69) is 52.6 Å². The predicted molar refractivity (Wildman–Crippen MR) is 105 cm³/mol. The number of aryl methyl sites for hydroxylation is 3. The van der Waals surface area contributed by atoms with Gasteiger partial charge in [-0.15, -0.1) is 0 Å². The van der Waals surface area contributed by atoms with E-state index in [1.165, 1.54) is 11.1 Å². The number of carbonyl (C=O) groups is 1. The van der Waals surface area contributed by atoms with Gasteiger partial charge in [0.05, 0.1) is 5.69 Å². The number of anilines is 1. The summed E-state index contributed by atoms with van der Waals surface area (Å²) in [6.07, 6.45) is 0.152. The van der Waals surface area contributed by atoms with Crippen molar-refractivity contribution in [2.45, 2.75) is 33.8 Å². The number of ether oxygens (including phenoxy) is 2. The first kappa shape index (κ1) is 19.5. The molecule has 0 saturated carbocycles. The van der Waals surface area contributed by atoms with Gasteiger partial charge in [0.25, 0.3) is 0 Å². The van der Waals surface area contributed by atoms with Crippen LogP contribution in [0.25, 0.3) is 0 Å². The standard InChI is InChI=1S/C19H21FINO3/c1-4-14-8-13(3)18(9-12(14)2)24-10-15-16(21)6-5-7-17(15)22-19(23)25-11-20/h5-9H,4,10-11H2,1-3H3,(H,22,23). The third-order valence-electron chi connectivity index (χ3n) is 3.93. The molecule has 6 heteroatoms. The molecule has 2 rings (SSSR count). The first-order valence-corrected chi connectivity index (χ1v) is 9.04. The second-order valence-corrected chi connectivity index (χ2v) is 6.78. The molecular formula is C19H21FINO3. The van der Waals surface area contributed by atoms with Crippen molar-refractivity contribution >= 4 is 34.4 Å². The summed E-state index contributed by atoms with van der Waals surface area (Å²) in [7, 11) is 0. The molecule has 0 fully saturated rings. The predicted octanol–water partition coefficient (Wildman–Crippen LogP) is 5.52. The highest BCUT2D eigenvalue weighted by atomic mass is 127. The van der Waals surface area contributed by atoms with Crippen molar-refractivity contribution in [3.05, 3.63) is 56.2 Å². The van der Waals surface area contributed by atoms with E-state index in [1.807, 2.05) is 25.1 Å². The van der Waals surface area contributed by atoms with Crippen molar-refractivity contribution in [2.75, 3.05) is 12.2 Å². The van der Waals surface area contributed by atoms with Crippen molar-refractivity contribution in [1.29, 1.82) is 0 Å². The minimum Gasteiger partial charge on any atom is -0.489 e. The van der Waals surface area contributed by atoms with Crippen LogP contribution in [-0.2, 0) is 17.8 Å². The van der Waals surface area contributed by atoms with Crippen LogP contribution >= 0.6 is 22.6 Å². The Kier molecular flexibility index (Phi) is 7.04. The summed E-state index contributed by atoms with van der Waals surface area (Å²) in [4.78, 5) is 11.5. The number of alkyl halides is 1. The largest absolute Gasteiger partial charge is 0.489 e. The zero-order valence-electron chi connectivity index (χ0n) is 14.5. The molecule has 0 heterocycles. The lowest BCUT2D eigenvalue weighted by atomic mass is 10.0. The van der Waals surface area contributed by atoms with Gasteiger partial charge in [-0.25, -0.2) is 9.18 Å². The van der Waals surface area contributed by atoms with Gasteiger partial charge in [0, 0.05) is 9.13 Å². The van der Waals surface area contributed by atoms with Gasteiger partial charge < -0.3 is 9.47 Å². The molecule has 2 aromatic rings. The maximum atomic E-state index is 12.1. The van der Waals surface area contributed by atoms with E-state index in [9.17, 15) is 9.18 Å². The van der Waals surface area contributed by atoms with Crippen LogP contribution < -0.4 is 10.1 Å². The Morgan fingerprint density at radius 3 is 2.68 bits per heavy atom. The molecular weight excluding hydrogens is 436 g/mol. The second kappa shape index (κ2) is 9.03. The monoisotopic (exact) mass is 457 g/mol. The Morgan fingerprint density at radius 2 is 2.00 bits per heavy atom. The van der Waals surface area contributed by atoms with Crippen LogP contribution in [0.3, 0.4) is 0 Å². The second-order valence-electron chi connectivity index (χ2n) is 5.62. The molecule has 4 nitrogen and oxygen atoms in total. The number of hydrogen-bond acceptors (Lipinski definition) is 3. The van der Waals surface area contributed by atoms with Crippen molar-refractivity contribution in [1.82, 2.24) is 0 Å². The number of amides is 1. The van der Waals surface area contributed by atoms with Gasteiger partial charge in [-0.05, 0) is 77.7 Å². The zero-order valence-corrected chi connectivity index (χ0v) is 16.6. The van der Waals surface area contributed by atoms with Gasteiger partial charge in [-0.2, -0.15) is 0 Å². The number of rotatable bonds is 6. The smallest absolute Gasteiger partial charge is 0.413 e. The average molecular weight is 457 g/mol. The van der Waals surface area contributed by atoms with E-state index in [-0.39, 0.29) is 6.61 Å². The van der Waals surface area contributed by atoms with E-state index in [4.69, 9.17) is 4.74 Å². The topological polar surface area (TPSA) is 47.6 Å². The lowest BCUT2D eigenvalue weighted by molar-refractivity contribution is 0.111. The molecule has 25 heavy (non-hydrogen) atoms. The fraction of sp³-hybridized carbons (Fsp3) is 0.316. The molecule has 0 saturated heterocycles. The summed E-state index contributed by atoms with van der Waals surface area (Å²) in [5.41, 5.74) is 4.92. The summed E-state index contributed by atoms with van der Waals surface area (Å²) < 4.78 is 23.4. The molecule has 0 aliphatic rings. The molecule has 0 bridgehead atoms. The molecule has 0 aliphatic carbocycles. The molecule has 0 aromatic heterocycles. The summed E-state index contributed by atoms with van der Waals surface area (Å²) >= 11 is 2.18. The van der Waals surface area contributed by atoms with Crippen LogP contribution in [-0.4, -0.2) is 13.0 Å². The molecule has 0 aliphatic heterocycles. The molecule has 1 amide bonds. The Labute approximate surface area is 160 Å². The highest BCUT2D eigenvalue weighted by molar-refractivity contribution is 14.1. The first-order chi connectivity index (χ1) is 12.0. The van der Waals surface area contributed by atoms with Gasteiger partial charge in [0.1, 0.15) is 12.4 Å². The lowest BCUT2D eigenvalue weighted by Gasteiger charge is -2.16. The fourth-order valence-corrected chi connectivity index (χ4v) is 3.21. The summed E-state index contributed by atoms with van der Waals surface area (Å²) in [6, 6.07) is 9.64. The van der Waals surface area contributed by atoms with E-state index in [0.29, 0.717) is 5.69 Å². The van der Waals surface area contributed by atoms with Crippen LogP contribution in [0.2, 0.25) is 0 Å². The highest BCUT2D eigenvalue weighted by Crippen LogP contribution is 2.27. The minimum atomic E-state index is -1.16. The van der Waals surface area contributed by atoms with Crippen molar-refractivity contribution in [3.8, 4) is 5.75 Å². The van der Waals surface area contributed by atoms with E-state index in [0.717, 1.165) is 26.9 Å².